The van der Waals surface area contributed by atoms with Crippen molar-refractivity contribution in [3.63, 3.8) is 0 Å². The summed E-state index contributed by atoms with van der Waals surface area (Å²) in [6.45, 7) is 8.86. The molecule has 2 heterocycles. The van der Waals surface area contributed by atoms with Gasteiger partial charge in [0.05, 0.1) is 17.9 Å². The molecule has 0 amide bonds. The van der Waals surface area contributed by atoms with Crippen molar-refractivity contribution in [3.8, 4) is 5.75 Å². The van der Waals surface area contributed by atoms with Gasteiger partial charge in [-0.3, -0.25) is 0 Å². The Hall–Kier alpha value is -2.02. The summed E-state index contributed by atoms with van der Waals surface area (Å²) in [6, 6.07) is 5.38. The van der Waals surface area contributed by atoms with Gasteiger partial charge >= 0.3 is 0 Å². The molecule has 1 unspecified atom stereocenters. The van der Waals surface area contributed by atoms with Gasteiger partial charge in [-0.2, -0.15) is 0 Å². The normalized spacial score (nSPS) is 21.6. The van der Waals surface area contributed by atoms with Crippen LogP contribution < -0.4 is 10.5 Å². The molecule has 0 spiro atoms. The van der Waals surface area contributed by atoms with Crippen molar-refractivity contribution in [2.24, 2.45) is 16.0 Å². The molecule has 25 heavy (non-hydrogen) atoms. The maximum absolute atomic E-state index is 11.7. The standard InChI is InChI=1S/C18H25N3O3S/c1-3-5-13(2)21-9-8-14(10-21)11-24-16-7-4-6-15-12-25(22,23)20-18(19)17(15)16/h4,6-7,14H,2-3,5,8-12H2,1H3,(H2,19,20). The topological polar surface area (TPSA) is 85.0 Å². The number of nitrogens with zero attached hydrogens (tertiary/aromatic N) is 2. The second-order valence-electron chi connectivity index (χ2n) is 6.72. The maximum Gasteiger partial charge on any atom is 0.259 e. The summed E-state index contributed by atoms with van der Waals surface area (Å²) in [5.74, 6) is 0.921. The molecular formula is C18H25N3O3S. The van der Waals surface area contributed by atoms with E-state index in [0.29, 0.717) is 29.4 Å². The van der Waals surface area contributed by atoms with Crippen LogP contribution in [0.15, 0.2) is 34.9 Å². The number of hydrogen-bond acceptors (Lipinski definition) is 5. The molecule has 1 aromatic carbocycles. The zero-order valence-electron chi connectivity index (χ0n) is 14.6. The molecule has 136 valence electrons. The first-order valence-electron chi connectivity index (χ1n) is 8.65. The summed E-state index contributed by atoms with van der Waals surface area (Å²) in [5.41, 5.74) is 8.33. The molecular weight excluding hydrogens is 338 g/mol. The van der Waals surface area contributed by atoms with E-state index < -0.39 is 10.0 Å². The molecule has 1 fully saturated rings. The molecule has 0 aromatic heterocycles. The number of nitrogens with two attached hydrogens (primary N) is 1. The molecule has 2 N–H and O–H groups in total. The van der Waals surface area contributed by atoms with Gasteiger partial charge in [0.15, 0.2) is 0 Å². The van der Waals surface area contributed by atoms with Crippen LogP contribution in [0.4, 0.5) is 0 Å². The summed E-state index contributed by atoms with van der Waals surface area (Å²) >= 11 is 0. The number of ether oxygens (including phenoxy) is 1. The van der Waals surface area contributed by atoms with Crippen molar-refractivity contribution in [2.75, 3.05) is 19.7 Å². The lowest BCUT2D eigenvalue weighted by Gasteiger charge is -2.22. The van der Waals surface area contributed by atoms with Crippen LogP contribution in [-0.2, 0) is 15.8 Å². The lowest BCUT2D eigenvalue weighted by atomic mass is 10.1. The highest BCUT2D eigenvalue weighted by atomic mass is 32.2. The smallest absolute Gasteiger partial charge is 0.259 e. The third-order valence-electron chi connectivity index (χ3n) is 4.69. The van der Waals surface area contributed by atoms with E-state index in [1.54, 1.807) is 12.1 Å². The van der Waals surface area contributed by atoms with Crippen molar-refractivity contribution in [3.05, 3.63) is 41.6 Å². The van der Waals surface area contributed by atoms with E-state index in [1.807, 2.05) is 6.07 Å². The Kier molecular flexibility index (Phi) is 5.03. The van der Waals surface area contributed by atoms with E-state index in [9.17, 15) is 8.42 Å². The fourth-order valence-corrected chi connectivity index (χ4v) is 4.53. The third-order valence-corrected chi connectivity index (χ3v) is 5.84. The molecule has 0 radical (unpaired) electrons. The molecule has 7 heteroatoms. The van der Waals surface area contributed by atoms with Gasteiger partial charge in [0.1, 0.15) is 11.6 Å². The SMILES string of the molecule is C=C(CCC)N1CCC(COc2cccc3c2C(N)=NS(=O)(=O)C3)C1. The number of likely N-dealkylation sites (tertiary alicyclic amines) is 1. The average Bonchev–Trinajstić information content (AvgIpc) is 3.00. The lowest BCUT2D eigenvalue weighted by Crippen LogP contribution is -2.25. The van der Waals surface area contributed by atoms with Crippen LogP contribution in [0, 0.1) is 5.92 Å². The number of hydrogen-bond donors (Lipinski definition) is 1. The number of benzene rings is 1. The molecule has 0 aliphatic carbocycles. The quantitative estimate of drug-likeness (QED) is 0.838. The molecule has 2 aliphatic rings. The molecule has 3 rings (SSSR count). The van der Waals surface area contributed by atoms with Crippen molar-refractivity contribution < 1.29 is 13.2 Å². The van der Waals surface area contributed by atoms with E-state index in [1.165, 1.54) is 5.70 Å². The van der Waals surface area contributed by atoms with E-state index in [-0.39, 0.29) is 11.6 Å². The Bertz CT molecular complexity index is 802. The number of fused-ring (bicyclic) bond motifs is 1. The summed E-state index contributed by atoms with van der Waals surface area (Å²) in [7, 11) is -3.52. The number of rotatable bonds is 6. The zero-order chi connectivity index (χ0) is 18.0. The monoisotopic (exact) mass is 363 g/mol. The lowest BCUT2D eigenvalue weighted by molar-refractivity contribution is 0.248. The van der Waals surface area contributed by atoms with E-state index in [4.69, 9.17) is 10.5 Å². The minimum Gasteiger partial charge on any atom is -0.492 e. The van der Waals surface area contributed by atoms with E-state index in [2.05, 4.69) is 22.8 Å². The number of allylic oxidation sites excluding steroid dienone is 1. The van der Waals surface area contributed by atoms with Crippen molar-refractivity contribution in [2.45, 2.75) is 31.9 Å². The van der Waals surface area contributed by atoms with Gasteiger partial charge in [-0.1, -0.05) is 32.1 Å². The van der Waals surface area contributed by atoms with Gasteiger partial charge in [0.25, 0.3) is 10.0 Å². The van der Waals surface area contributed by atoms with Crippen LogP contribution in [0.5, 0.6) is 5.75 Å². The fraction of sp³-hybridized carbons (Fsp3) is 0.500. The highest BCUT2D eigenvalue weighted by Gasteiger charge is 2.27. The number of amidine groups is 1. The van der Waals surface area contributed by atoms with Gasteiger partial charge in [0, 0.05) is 24.7 Å². The maximum atomic E-state index is 11.7. The largest absolute Gasteiger partial charge is 0.492 e. The summed E-state index contributed by atoms with van der Waals surface area (Å²) in [5, 5.41) is 0. The van der Waals surface area contributed by atoms with Crippen LogP contribution in [-0.4, -0.2) is 38.8 Å². The Balaban J connectivity index is 1.67. The van der Waals surface area contributed by atoms with Crippen LogP contribution in [0.25, 0.3) is 0 Å². The molecule has 0 saturated carbocycles. The van der Waals surface area contributed by atoms with Gasteiger partial charge in [0.2, 0.25) is 0 Å². The Morgan fingerprint density at radius 2 is 2.28 bits per heavy atom. The first kappa shape index (κ1) is 17.8. The van der Waals surface area contributed by atoms with Crippen molar-refractivity contribution in [1.29, 1.82) is 0 Å². The van der Waals surface area contributed by atoms with Crippen molar-refractivity contribution in [1.82, 2.24) is 4.90 Å². The first-order valence-corrected chi connectivity index (χ1v) is 10.3. The second kappa shape index (κ2) is 7.07. The van der Waals surface area contributed by atoms with Crippen molar-refractivity contribution >= 4 is 15.9 Å². The Morgan fingerprint density at radius 1 is 1.48 bits per heavy atom. The Morgan fingerprint density at radius 3 is 3.04 bits per heavy atom. The summed E-state index contributed by atoms with van der Waals surface area (Å²) in [4.78, 5) is 2.33. The fourth-order valence-electron chi connectivity index (χ4n) is 3.44. The minimum absolute atomic E-state index is 0.0150. The highest BCUT2D eigenvalue weighted by molar-refractivity contribution is 7.89. The molecule has 1 saturated heterocycles. The van der Waals surface area contributed by atoms with Gasteiger partial charge in [-0.05, 0) is 24.5 Å². The first-order chi connectivity index (χ1) is 11.9. The predicted octanol–water partition coefficient (Wildman–Crippen LogP) is 2.25. The second-order valence-corrected chi connectivity index (χ2v) is 8.36. The third kappa shape index (κ3) is 3.98. The molecule has 6 nitrogen and oxygen atoms in total. The zero-order valence-corrected chi connectivity index (χ0v) is 15.4. The van der Waals surface area contributed by atoms with Crippen LogP contribution in [0.1, 0.15) is 37.3 Å². The Labute approximate surface area is 149 Å². The molecule has 1 aromatic rings. The molecule has 1 atom stereocenters. The predicted molar refractivity (Wildman–Crippen MR) is 99.0 cm³/mol. The van der Waals surface area contributed by atoms with Crippen LogP contribution in [0.3, 0.4) is 0 Å². The van der Waals surface area contributed by atoms with E-state index >= 15 is 0 Å². The van der Waals surface area contributed by atoms with Gasteiger partial charge < -0.3 is 15.4 Å². The van der Waals surface area contributed by atoms with Crippen LogP contribution >= 0.6 is 0 Å². The van der Waals surface area contributed by atoms with Gasteiger partial charge in [-0.15, -0.1) is 4.40 Å². The summed E-state index contributed by atoms with van der Waals surface area (Å²) < 4.78 is 33.1. The van der Waals surface area contributed by atoms with Gasteiger partial charge in [-0.25, -0.2) is 8.42 Å². The molecule has 2 aliphatic heterocycles. The highest BCUT2D eigenvalue weighted by Crippen LogP contribution is 2.29. The number of sulfonamides is 1. The van der Waals surface area contributed by atoms with Crippen LogP contribution in [0.2, 0.25) is 0 Å². The summed E-state index contributed by atoms with van der Waals surface area (Å²) in [6.07, 6.45) is 3.20. The minimum atomic E-state index is -3.52. The molecule has 0 bridgehead atoms. The average molecular weight is 363 g/mol. The van der Waals surface area contributed by atoms with E-state index in [0.717, 1.165) is 32.4 Å².